The standard InChI is InChI=1S/C17H19BrN2O4/c1-4-24-16(22)13-11(3)19-17(23)20(15(21)10(2)18)14(13)12-8-6-5-7-9-12/h5-11H,4H2,1-3H3,(H,19,23). The second-order valence-electron chi connectivity index (χ2n) is 5.31. The van der Waals surface area contributed by atoms with Gasteiger partial charge in [-0.3, -0.25) is 4.79 Å². The smallest absolute Gasteiger partial charge is 0.338 e. The monoisotopic (exact) mass is 394 g/mol. The van der Waals surface area contributed by atoms with Crippen molar-refractivity contribution in [3.8, 4) is 0 Å². The predicted molar refractivity (Wildman–Crippen MR) is 93.2 cm³/mol. The van der Waals surface area contributed by atoms with Crippen LogP contribution >= 0.6 is 15.9 Å². The molecule has 0 aliphatic carbocycles. The van der Waals surface area contributed by atoms with Crippen LogP contribution in [0.2, 0.25) is 0 Å². The quantitative estimate of drug-likeness (QED) is 0.629. The largest absolute Gasteiger partial charge is 0.463 e. The first kappa shape index (κ1) is 18.2. The third-order valence-electron chi connectivity index (χ3n) is 3.56. The fraction of sp³-hybridized carbons (Fsp3) is 0.353. The number of urea groups is 1. The van der Waals surface area contributed by atoms with Gasteiger partial charge >= 0.3 is 12.0 Å². The first-order valence-electron chi connectivity index (χ1n) is 7.63. The summed E-state index contributed by atoms with van der Waals surface area (Å²) in [4.78, 5) is 37.9. The lowest BCUT2D eigenvalue weighted by atomic mass is 9.97. The van der Waals surface area contributed by atoms with E-state index in [1.165, 1.54) is 0 Å². The van der Waals surface area contributed by atoms with Gasteiger partial charge in [0.2, 0.25) is 5.91 Å². The van der Waals surface area contributed by atoms with E-state index in [1.54, 1.807) is 45.0 Å². The molecule has 128 valence electrons. The summed E-state index contributed by atoms with van der Waals surface area (Å²) in [6.07, 6.45) is 0. The molecule has 0 bridgehead atoms. The van der Waals surface area contributed by atoms with E-state index in [0.717, 1.165) is 4.90 Å². The Morgan fingerprint density at radius 3 is 2.50 bits per heavy atom. The van der Waals surface area contributed by atoms with Gasteiger partial charge in [-0.15, -0.1) is 0 Å². The van der Waals surface area contributed by atoms with Gasteiger partial charge in [0.15, 0.2) is 0 Å². The number of benzene rings is 1. The SMILES string of the molecule is CCOC(=O)C1=C(c2ccccc2)N(C(=O)C(C)Br)C(=O)NC1C. The Hall–Kier alpha value is -2.15. The van der Waals surface area contributed by atoms with Gasteiger partial charge in [0.1, 0.15) is 0 Å². The van der Waals surface area contributed by atoms with E-state index in [0.29, 0.717) is 5.56 Å². The topological polar surface area (TPSA) is 75.7 Å². The number of nitrogens with one attached hydrogen (secondary N) is 1. The van der Waals surface area contributed by atoms with Crippen molar-refractivity contribution in [1.29, 1.82) is 0 Å². The van der Waals surface area contributed by atoms with Crippen LogP contribution < -0.4 is 5.32 Å². The molecular formula is C17H19BrN2O4. The third kappa shape index (κ3) is 3.51. The highest BCUT2D eigenvalue weighted by Crippen LogP contribution is 2.31. The van der Waals surface area contributed by atoms with Crippen LogP contribution in [0.3, 0.4) is 0 Å². The summed E-state index contributed by atoms with van der Waals surface area (Å²) in [5.41, 5.74) is 1.12. The van der Waals surface area contributed by atoms with Crippen LogP contribution in [0.1, 0.15) is 26.3 Å². The second-order valence-corrected chi connectivity index (χ2v) is 6.68. The highest BCUT2D eigenvalue weighted by molar-refractivity contribution is 9.10. The molecule has 7 heteroatoms. The normalized spacial score (nSPS) is 18.9. The molecule has 0 fully saturated rings. The zero-order valence-electron chi connectivity index (χ0n) is 13.7. The number of imide groups is 1. The van der Waals surface area contributed by atoms with Gasteiger partial charge < -0.3 is 10.1 Å². The van der Waals surface area contributed by atoms with Crippen molar-refractivity contribution in [2.75, 3.05) is 6.61 Å². The van der Waals surface area contributed by atoms with E-state index in [1.807, 2.05) is 6.07 Å². The molecule has 1 aromatic rings. The average Bonchev–Trinajstić information content (AvgIpc) is 2.54. The molecule has 0 spiro atoms. The van der Waals surface area contributed by atoms with Crippen molar-refractivity contribution in [3.05, 3.63) is 41.5 Å². The number of esters is 1. The van der Waals surface area contributed by atoms with Crippen molar-refractivity contribution in [3.63, 3.8) is 0 Å². The Bertz CT molecular complexity index is 685. The summed E-state index contributed by atoms with van der Waals surface area (Å²) in [5.74, 6) is -1.01. The molecule has 6 nitrogen and oxygen atoms in total. The lowest BCUT2D eigenvalue weighted by molar-refractivity contribution is -0.138. The van der Waals surface area contributed by atoms with Crippen molar-refractivity contribution in [1.82, 2.24) is 10.2 Å². The van der Waals surface area contributed by atoms with Gasteiger partial charge in [-0.2, -0.15) is 0 Å². The van der Waals surface area contributed by atoms with Crippen LogP contribution in [0.5, 0.6) is 0 Å². The van der Waals surface area contributed by atoms with Crippen molar-refractivity contribution < 1.29 is 19.1 Å². The van der Waals surface area contributed by atoms with Crippen LogP contribution in [0.25, 0.3) is 5.70 Å². The molecule has 1 N–H and O–H groups in total. The van der Waals surface area contributed by atoms with E-state index in [4.69, 9.17) is 4.74 Å². The number of carbonyl (C=O) groups is 3. The number of rotatable bonds is 4. The van der Waals surface area contributed by atoms with Crippen LogP contribution in [-0.4, -0.2) is 40.3 Å². The zero-order valence-corrected chi connectivity index (χ0v) is 15.3. The second kappa shape index (κ2) is 7.61. The highest BCUT2D eigenvalue weighted by Gasteiger charge is 2.40. The molecule has 0 aromatic heterocycles. The van der Waals surface area contributed by atoms with E-state index < -0.39 is 28.8 Å². The van der Waals surface area contributed by atoms with E-state index >= 15 is 0 Å². The average molecular weight is 395 g/mol. The molecule has 24 heavy (non-hydrogen) atoms. The van der Waals surface area contributed by atoms with Crippen LogP contribution in [0.15, 0.2) is 35.9 Å². The minimum atomic E-state index is -0.584. The van der Waals surface area contributed by atoms with E-state index in [-0.39, 0.29) is 17.9 Å². The highest BCUT2D eigenvalue weighted by atomic mass is 79.9. The molecular weight excluding hydrogens is 376 g/mol. The Morgan fingerprint density at radius 1 is 1.33 bits per heavy atom. The summed E-state index contributed by atoms with van der Waals surface area (Å²) in [6.45, 7) is 5.22. The maximum atomic E-state index is 12.6. The van der Waals surface area contributed by atoms with Gasteiger partial charge in [0, 0.05) is 0 Å². The molecule has 0 saturated heterocycles. The lowest BCUT2D eigenvalue weighted by Gasteiger charge is -2.34. The Labute approximate surface area is 149 Å². The molecule has 0 radical (unpaired) electrons. The molecule has 1 heterocycles. The van der Waals surface area contributed by atoms with Crippen molar-refractivity contribution in [2.24, 2.45) is 0 Å². The van der Waals surface area contributed by atoms with Crippen LogP contribution in [0, 0.1) is 0 Å². The summed E-state index contributed by atoms with van der Waals surface area (Å²) in [5, 5.41) is 2.64. The Morgan fingerprint density at radius 2 is 1.96 bits per heavy atom. The van der Waals surface area contributed by atoms with Crippen molar-refractivity contribution >= 4 is 39.5 Å². The first-order valence-corrected chi connectivity index (χ1v) is 8.55. The number of halogens is 1. The van der Waals surface area contributed by atoms with Gasteiger partial charge in [0.25, 0.3) is 0 Å². The lowest BCUT2D eigenvalue weighted by Crippen LogP contribution is -2.54. The Balaban J connectivity index is 2.70. The summed E-state index contributed by atoms with van der Waals surface area (Å²) >= 11 is 3.20. The number of hydrogen-bond donors (Lipinski definition) is 1. The number of alkyl halides is 1. The Kier molecular flexibility index (Phi) is 5.77. The number of ether oxygens (including phenoxy) is 1. The minimum Gasteiger partial charge on any atom is -0.463 e. The van der Waals surface area contributed by atoms with Crippen LogP contribution in [-0.2, 0) is 14.3 Å². The number of amides is 3. The third-order valence-corrected chi connectivity index (χ3v) is 3.95. The minimum absolute atomic E-state index is 0.202. The molecule has 2 atom stereocenters. The number of hydrogen-bond acceptors (Lipinski definition) is 4. The maximum Gasteiger partial charge on any atom is 0.338 e. The summed E-state index contributed by atoms with van der Waals surface area (Å²) in [7, 11) is 0. The molecule has 2 rings (SSSR count). The summed E-state index contributed by atoms with van der Waals surface area (Å²) in [6, 6.07) is 7.75. The number of carbonyl (C=O) groups excluding carboxylic acids is 3. The predicted octanol–water partition coefficient (Wildman–Crippen LogP) is 2.68. The van der Waals surface area contributed by atoms with Gasteiger partial charge in [-0.1, -0.05) is 46.3 Å². The molecule has 1 aliphatic heterocycles. The fourth-order valence-electron chi connectivity index (χ4n) is 2.50. The van der Waals surface area contributed by atoms with E-state index in [9.17, 15) is 14.4 Å². The van der Waals surface area contributed by atoms with Crippen molar-refractivity contribution in [2.45, 2.75) is 31.6 Å². The maximum absolute atomic E-state index is 12.6. The zero-order chi connectivity index (χ0) is 17.9. The van der Waals surface area contributed by atoms with Gasteiger partial charge in [-0.25, -0.2) is 14.5 Å². The van der Waals surface area contributed by atoms with Crippen LogP contribution in [0.4, 0.5) is 4.79 Å². The molecule has 3 amide bonds. The number of nitrogens with zero attached hydrogens (tertiary/aromatic N) is 1. The van der Waals surface area contributed by atoms with E-state index in [2.05, 4.69) is 21.2 Å². The first-order chi connectivity index (χ1) is 11.4. The molecule has 2 unspecified atom stereocenters. The molecule has 1 aliphatic rings. The van der Waals surface area contributed by atoms with Gasteiger partial charge in [0.05, 0.1) is 28.7 Å². The summed E-state index contributed by atoms with van der Waals surface area (Å²) < 4.78 is 5.13. The fourth-order valence-corrected chi connectivity index (χ4v) is 2.70. The van der Waals surface area contributed by atoms with Gasteiger partial charge in [-0.05, 0) is 26.3 Å². The molecule has 1 aromatic carbocycles. The molecule has 0 saturated carbocycles.